The SMILES string of the molecule is CCC(=O)c1ccc2c(c1)c1cc(C(=O)CC)ccc1n2C(C)C. The van der Waals surface area contributed by atoms with Crippen LogP contribution in [0.1, 0.15) is 67.3 Å². The maximum absolute atomic E-state index is 12.1. The molecule has 124 valence electrons. The number of rotatable bonds is 5. The molecule has 0 saturated carbocycles. The van der Waals surface area contributed by atoms with Crippen LogP contribution in [0.2, 0.25) is 0 Å². The third-order valence-electron chi connectivity index (χ3n) is 4.60. The van der Waals surface area contributed by atoms with Crippen LogP contribution in [-0.2, 0) is 0 Å². The Bertz CT molecular complexity index is 874. The molecular weight excluding hydrogens is 298 g/mol. The van der Waals surface area contributed by atoms with Crippen LogP contribution in [0.25, 0.3) is 21.8 Å². The second-order valence-corrected chi connectivity index (χ2v) is 6.48. The van der Waals surface area contributed by atoms with Crippen LogP contribution in [-0.4, -0.2) is 16.1 Å². The van der Waals surface area contributed by atoms with E-state index in [0.29, 0.717) is 18.9 Å². The van der Waals surface area contributed by atoms with Crippen molar-refractivity contribution < 1.29 is 9.59 Å². The van der Waals surface area contributed by atoms with Gasteiger partial charge in [-0.15, -0.1) is 0 Å². The number of aromatic nitrogens is 1. The fraction of sp³-hybridized carbons (Fsp3) is 0.333. The first-order valence-electron chi connectivity index (χ1n) is 8.62. The van der Waals surface area contributed by atoms with E-state index in [1.54, 1.807) is 0 Å². The van der Waals surface area contributed by atoms with Gasteiger partial charge in [0.25, 0.3) is 0 Å². The average Bonchev–Trinajstić information content (AvgIpc) is 2.93. The summed E-state index contributed by atoms with van der Waals surface area (Å²) in [5, 5.41) is 2.09. The summed E-state index contributed by atoms with van der Waals surface area (Å²) in [5.74, 6) is 0.284. The van der Waals surface area contributed by atoms with E-state index >= 15 is 0 Å². The van der Waals surface area contributed by atoms with Gasteiger partial charge in [0, 0.05) is 51.8 Å². The molecule has 0 spiro atoms. The molecule has 0 aliphatic heterocycles. The molecule has 3 aromatic rings. The van der Waals surface area contributed by atoms with Gasteiger partial charge < -0.3 is 4.57 Å². The zero-order valence-electron chi connectivity index (χ0n) is 14.7. The van der Waals surface area contributed by atoms with Crippen molar-refractivity contribution >= 4 is 33.4 Å². The van der Waals surface area contributed by atoms with E-state index in [4.69, 9.17) is 0 Å². The van der Waals surface area contributed by atoms with Gasteiger partial charge >= 0.3 is 0 Å². The summed E-state index contributed by atoms with van der Waals surface area (Å²) in [6, 6.07) is 12.1. The molecular formula is C21H23NO2. The lowest BCUT2D eigenvalue weighted by Crippen LogP contribution is -2.01. The van der Waals surface area contributed by atoms with Gasteiger partial charge in [-0.1, -0.05) is 13.8 Å². The fourth-order valence-electron chi connectivity index (χ4n) is 3.36. The van der Waals surface area contributed by atoms with Crippen molar-refractivity contribution in [3.8, 4) is 0 Å². The minimum Gasteiger partial charge on any atom is -0.338 e. The molecule has 0 aliphatic carbocycles. The fourth-order valence-corrected chi connectivity index (χ4v) is 3.36. The molecule has 2 aromatic carbocycles. The lowest BCUT2D eigenvalue weighted by molar-refractivity contribution is 0.0980. The third kappa shape index (κ3) is 2.54. The molecule has 0 unspecified atom stereocenters. The van der Waals surface area contributed by atoms with Crippen LogP contribution in [0, 0.1) is 0 Å². The second kappa shape index (κ2) is 6.23. The Hall–Kier alpha value is -2.42. The molecule has 3 nitrogen and oxygen atoms in total. The topological polar surface area (TPSA) is 39.1 Å². The van der Waals surface area contributed by atoms with Crippen molar-refractivity contribution in [3.05, 3.63) is 47.5 Å². The summed E-state index contributed by atoms with van der Waals surface area (Å²) in [6.07, 6.45) is 0.988. The van der Waals surface area contributed by atoms with Crippen molar-refractivity contribution in [1.82, 2.24) is 4.57 Å². The van der Waals surface area contributed by atoms with E-state index in [9.17, 15) is 9.59 Å². The van der Waals surface area contributed by atoms with Gasteiger partial charge in [-0.05, 0) is 50.2 Å². The second-order valence-electron chi connectivity index (χ2n) is 6.48. The van der Waals surface area contributed by atoms with Crippen molar-refractivity contribution in [1.29, 1.82) is 0 Å². The summed E-state index contributed by atoms with van der Waals surface area (Å²) in [6.45, 7) is 8.05. The Kier molecular flexibility index (Phi) is 4.27. The van der Waals surface area contributed by atoms with Gasteiger partial charge in [0.05, 0.1) is 0 Å². The summed E-state index contributed by atoms with van der Waals surface area (Å²) in [7, 11) is 0. The molecule has 3 rings (SSSR count). The van der Waals surface area contributed by atoms with Crippen molar-refractivity contribution in [2.45, 2.75) is 46.6 Å². The van der Waals surface area contributed by atoms with Gasteiger partial charge in [0.1, 0.15) is 0 Å². The van der Waals surface area contributed by atoms with E-state index < -0.39 is 0 Å². The Morgan fingerprint density at radius 3 is 1.58 bits per heavy atom. The molecule has 0 fully saturated rings. The number of fused-ring (bicyclic) bond motifs is 3. The van der Waals surface area contributed by atoms with E-state index in [1.165, 1.54) is 0 Å². The number of carbonyl (C=O) groups excluding carboxylic acids is 2. The molecule has 0 saturated heterocycles. The smallest absolute Gasteiger partial charge is 0.162 e. The highest BCUT2D eigenvalue weighted by molar-refractivity contribution is 6.13. The van der Waals surface area contributed by atoms with Gasteiger partial charge in [-0.25, -0.2) is 0 Å². The van der Waals surface area contributed by atoms with Crippen molar-refractivity contribution in [2.24, 2.45) is 0 Å². The summed E-state index contributed by atoms with van der Waals surface area (Å²) in [4.78, 5) is 24.2. The Labute approximate surface area is 142 Å². The molecule has 0 atom stereocenters. The highest BCUT2D eigenvalue weighted by atomic mass is 16.1. The third-order valence-corrected chi connectivity index (χ3v) is 4.60. The largest absolute Gasteiger partial charge is 0.338 e. The average molecular weight is 321 g/mol. The maximum atomic E-state index is 12.1. The van der Waals surface area contributed by atoms with E-state index in [1.807, 2.05) is 50.2 Å². The minimum absolute atomic E-state index is 0.142. The number of nitrogens with zero attached hydrogens (tertiary/aromatic N) is 1. The quantitative estimate of drug-likeness (QED) is 0.577. The summed E-state index contributed by atoms with van der Waals surface area (Å²) < 4.78 is 2.27. The summed E-state index contributed by atoms with van der Waals surface area (Å²) in [5.41, 5.74) is 3.68. The predicted molar refractivity (Wildman–Crippen MR) is 99.1 cm³/mol. The minimum atomic E-state index is 0.142. The van der Waals surface area contributed by atoms with Gasteiger partial charge in [0.15, 0.2) is 11.6 Å². The van der Waals surface area contributed by atoms with Crippen LogP contribution >= 0.6 is 0 Å². The molecule has 3 heteroatoms. The monoisotopic (exact) mass is 321 g/mol. The number of hydrogen-bond donors (Lipinski definition) is 0. The Balaban J connectivity index is 2.38. The van der Waals surface area contributed by atoms with Crippen molar-refractivity contribution in [3.63, 3.8) is 0 Å². The van der Waals surface area contributed by atoms with Crippen LogP contribution in [0.5, 0.6) is 0 Å². The Morgan fingerprint density at radius 2 is 1.25 bits per heavy atom. The van der Waals surface area contributed by atoms with Crippen molar-refractivity contribution in [2.75, 3.05) is 0 Å². The van der Waals surface area contributed by atoms with Gasteiger partial charge in [-0.2, -0.15) is 0 Å². The van der Waals surface area contributed by atoms with Crippen LogP contribution in [0.3, 0.4) is 0 Å². The highest BCUT2D eigenvalue weighted by Crippen LogP contribution is 2.33. The molecule has 0 aliphatic rings. The highest BCUT2D eigenvalue weighted by Gasteiger charge is 2.16. The van der Waals surface area contributed by atoms with Crippen LogP contribution in [0.4, 0.5) is 0 Å². The molecule has 0 amide bonds. The van der Waals surface area contributed by atoms with E-state index in [2.05, 4.69) is 18.4 Å². The first kappa shape index (κ1) is 16.4. The first-order chi connectivity index (χ1) is 11.5. The predicted octanol–water partition coefficient (Wildman–Crippen LogP) is 5.56. The Morgan fingerprint density at radius 1 is 0.833 bits per heavy atom. The molecule has 1 heterocycles. The van der Waals surface area contributed by atoms with Crippen LogP contribution < -0.4 is 0 Å². The standard InChI is InChI=1S/C21H23NO2/c1-5-20(23)14-7-9-18-16(11-14)17-12-15(21(24)6-2)8-10-19(17)22(18)13(3)4/h7-13H,5-6H2,1-4H3. The zero-order valence-corrected chi connectivity index (χ0v) is 14.7. The molecule has 0 bridgehead atoms. The lowest BCUT2D eigenvalue weighted by Gasteiger charge is -2.11. The van der Waals surface area contributed by atoms with Gasteiger partial charge in [-0.3, -0.25) is 9.59 Å². The number of ketones is 2. The number of hydrogen-bond acceptors (Lipinski definition) is 2. The lowest BCUT2D eigenvalue weighted by atomic mass is 10.0. The van der Waals surface area contributed by atoms with Gasteiger partial charge in [0.2, 0.25) is 0 Å². The maximum Gasteiger partial charge on any atom is 0.162 e. The van der Waals surface area contributed by atoms with Crippen LogP contribution in [0.15, 0.2) is 36.4 Å². The van der Waals surface area contributed by atoms with E-state index in [-0.39, 0.29) is 11.6 Å². The number of benzene rings is 2. The molecule has 0 N–H and O–H groups in total. The normalized spacial score (nSPS) is 11.5. The zero-order chi connectivity index (χ0) is 17.4. The number of carbonyl (C=O) groups is 2. The van der Waals surface area contributed by atoms with E-state index in [0.717, 1.165) is 32.9 Å². The molecule has 24 heavy (non-hydrogen) atoms. The first-order valence-corrected chi connectivity index (χ1v) is 8.62. The molecule has 1 aromatic heterocycles. The number of Topliss-reactive ketones (excluding diaryl/α,β-unsaturated/α-hetero) is 2. The summed E-state index contributed by atoms with van der Waals surface area (Å²) >= 11 is 0. The molecule has 0 radical (unpaired) electrons.